The van der Waals surface area contributed by atoms with Crippen LogP contribution in [0.1, 0.15) is 88.7 Å². The van der Waals surface area contributed by atoms with Crippen LogP contribution in [0.5, 0.6) is 0 Å². The molecule has 3 N–H and O–H groups in total. The Labute approximate surface area is 228 Å². The Hall–Kier alpha value is -2.62. The van der Waals surface area contributed by atoms with Crippen molar-refractivity contribution >= 4 is 11.8 Å². The van der Waals surface area contributed by atoms with Crippen molar-refractivity contribution in [2.24, 2.45) is 46.2 Å². The van der Waals surface area contributed by atoms with Crippen molar-refractivity contribution in [3.05, 3.63) is 71.8 Å². The first kappa shape index (κ1) is 25.6. The van der Waals surface area contributed by atoms with Crippen molar-refractivity contribution < 1.29 is 9.59 Å². The van der Waals surface area contributed by atoms with Gasteiger partial charge in [0.25, 0.3) is 0 Å². The number of piperidine rings is 1. The first-order chi connectivity index (χ1) is 18.3. The molecule has 6 rings (SSSR count). The fourth-order valence-corrected chi connectivity index (χ4v) is 9.87. The number of rotatable bonds is 6. The molecule has 1 saturated heterocycles. The summed E-state index contributed by atoms with van der Waals surface area (Å²) in [7, 11) is 0. The van der Waals surface area contributed by atoms with Crippen molar-refractivity contribution in [1.82, 2.24) is 5.32 Å². The number of benzene rings is 2. The highest BCUT2D eigenvalue weighted by Gasteiger charge is 2.61. The van der Waals surface area contributed by atoms with Crippen LogP contribution in [0.2, 0.25) is 0 Å². The molecule has 3 aliphatic carbocycles. The first-order valence-corrected chi connectivity index (χ1v) is 15.0. The van der Waals surface area contributed by atoms with Crippen molar-refractivity contribution in [3.63, 3.8) is 0 Å². The molecule has 1 aliphatic heterocycles. The highest BCUT2D eigenvalue weighted by molar-refractivity contribution is 6.00. The second-order valence-corrected chi connectivity index (χ2v) is 13.5. The van der Waals surface area contributed by atoms with E-state index in [2.05, 4.69) is 79.8 Å². The monoisotopic (exact) mass is 512 g/mol. The van der Waals surface area contributed by atoms with Crippen LogP contribution < -0.4 is 11.1 Å². The Morgan fingerprint density at radius 2 is 1.53 bits per heavy atom. The minimum absolute atomic E-state index is 0.0261. The van der Waals surface area contributed by atoms with Crippen LogP contribution in [0.4, 0.5) is 0 Å². The molecule has 4 aliphatic rings. The smallest absolute Gasteiger partial charge is 0.232 e. The molecular weight excluding hydrogens is 468 g/mol. The highest BCUT2D eigenvalue weighted by Crippen LogP contribution is 2.66. The van der Waals surface area contributed by atoms with Crippen molar-refractivity contribution in [2.45, 2.75) is 83.6 Å². The van der Waals surface area contributed by atoms with E-state index in [0.29, 0.717) is 29.6 Å². The van der Waals surface area contributed by atoms with E-state index in [-0.39, 0.29) is 17.4 Å². The van der Waals surface area contributed by atoms with E-state index in [1.54, 1.807) is 0 Å². The Kier molecular flexibility index (Phi) is 6.64. The third-order valence-electron chi connectivity index (χ3n) is 11.9. The lowest BCUT2D eigenvalue weighted by Gasteiger charge is -2.61. The largest absolute Gasteiger partial charge is 0.369 e. The van der Waals surface area contributed by atoms with E-state index < -0.39 is 11.8 Å². The molecule has 4 nitrogen and oxygen atoms in total. The second kappa shape index (κ2) is 9.84. The number of hydrogen-bond acceptors (Lipinski definition) is 2. The van der Waals surface area contributed by atoms with Gasteiger partial charge in [-0.05, 0) is 103 Å². The van der Waals surface area contributed by atoms with Crippen molar-refractivity contribution in [3.8, 4) is 0 Å². The zero-order valence-corrected chi connectivity index (χ0v) is 23.1. The van der Waals surface area contributed by atoms with E-state index in [9.17, 15) is 9.59 Å². The maximum absolute atomic E-state index is 12.6. The van der Waals surface area contributed by atoms with Crippen LogP contribution in [-0.4, -0.2) is 17.9 Å². The summed E-state index contributed by atoms with van der Waals surface area (Å²) in [5.41, 5.74) is 8.89. The molecule has 2 amide bonds. The van der Waals surface area contributed by atoms with Gasteiger partial charge in [-0.3, -0.25) is 9.59 Å². The normalized spacial score (nSPS) is 38.1. The summed E-state index contributed by atoms with van der Waals surface area (Å²) in [6.45, 7) is 4.96. The molecule has 1 heterocycles. The summed E-state index contributed by atoms with van der Waals surface area (Å²) < 4.78 is 0. The average Bonchev–Trinajstić information content (AvgIpc) is 3.26. The molecule has 202 valence electrons. The zero-order valence-electron chi connectivity index (χ0n) is 23.1. The van der Waals surface area contributed by atoms with Crippen molar-refractivity contribution in [2.75, 3.05) is 0 Å². The molecule has 3 saturated carbocycles. The molecule has 0 spiro atoms. The third-order valence-corrected chi connectivity index (χ3v) is 11.9. The average molecular weight is 513 g/mol. The zero-order chi connectivity index (χ0) is 26.5. The van der Waals surface area contributed by atoms with Gasteiger partial charge in [0.1, 0.15) is 5.92 Å². The van der Waals surface area contributed by atoms with Crippen LogP contribution in [0.25, 0.3) is 0 Å². The van der Waals surface area contributed by atoms with Gasteiger partial charge < -0.3 is 11.1 Å². The third kappa shape index (κ3) is 4.19. The summed E-state index contributed by atoms with van der Waals surface area (Å²) >= 11 is 0. The quantitative estimate of drug-likeness (QED) is 0.437. The van der Waals surface area contributed by atoms with Gasteiger partial charge in [-0.1, -0.05) is 74.5 Å². The van der Waals surface area contributed by atoms with Gasteiger partial charge >= 0.3 is 0 Å². The lowest BCUT2D eigenvalue weighted by atomic mass is 9.46. The van der Waals surface area contributed by atoms with Gasteiger partial charge in [0, 0.05) is 12.0 Å². The Balaban J connectivity index is 1.20. The minimum atomic E-state index is -0.674. The highest BCUT2D eigenvalue weighted by atomic mass is 16.2. The molecule has 4 heteroatoms. The maximum Gasteiger partial charge on any atom is 0.232 e. The lowest BCUT2D eigenvalue weighted by Crippen LogP contribution is -2.64. The number of nitrogens with one attached hydrogen (secondary N) is 1. The van der Waals surface area contributed by atoms with Gasteiger partial charge in [-0.25, -0.2) is 0 Å². The van der Waals surface area contributed by atoms with Crippen molar-refractivity contribution in [1.29, 1.82) is 0 Å². The van der Waals surface area contributed by atoms with Crippen LogP contribution in [0.3, 0.4) is 0 Å². The van der Waals surface area contributed by atoms with E-state index in [1.807, 2.05) is 0 Å². The Bertz CT molecular complexity index is 1130. The number of primary amides is 1. The fourth-order valence-electron chi connectivity index (χ4n) is 9.87. The standard InChI is InChI=1S/C34H44N2O2/c1-33-20-19-29-26(16-18-30-34(29,2)21-27(31(35)37)32(38)36-30)28(33)17-14-24(33)13-15-25(22-9-5-3-6-10-22)23-11-7-4-8-12-23/h3-12,24-30H,13-21H2,1-2H3,(H2,35,37)(H,36,38)/t24?,26-,27?,28-,29+,30?,33+,34+/m0/s1. The molecule has 0 bridgehead atoms. The molecule has 0 radical (unpaired) electrons. The number of nitrogens with two attached hydrogens (primary N) is 1. The van der Waals surface area contributed by atoms with Crippen LogP contribution in [0, 0.1) is 40.4 Å². The van der Waals surface area contributed by atoms with Crippen LogP contribution in [-0.2, 0) is 9.59 Å². The topological polar surface area (TPSA) is 72.2 Å². The molecular formula is C34H44N2O2. The number of hydrogen-bond donors (Lipinski definition) is 2. The number of amides is 2. The number of carbonyl (C=O) groups excluding carboxylic acids is 2. The number of carbonyl (C=O) groups is 2. The number of fused-ring (bicyclic) bond motifs is 5. The van der Waals surface area contributed by atoms with Crippen LogP contribution >= 0.6 is 0 Å². The van der Waals surface area contributed by atoms with E-state index >= 15 is 0 Å². The minimum Gasteiger partial charge on any atom is -0.369 e. The van der Waals surface area contributed by atoms with Gasteiger partial charge in [-0.15, -0.1) is 0 Å². The molecule has 2 aromatic carbocycles. The summed E-state index contributed by atoms with van der Waals surface area (Å²) in [4.78, 5) is 24.7. The maximum atomic E-state index is 12.6. The molecule has 4 fully saturated rings. The van der Waals surface area contributed by atoms with Crippen LogP contribution in [0.15, 0.2) is 60.7 Å². The molecule has 38 heavy (non-hydrogen) atoms. The van der Waals surface area contributed by atoms with Gasteiger partial charge in [0.05, 0.1) is 0 Å². The Morgan fingerprint density at radius 3 is 2.16 bits per heavy atom. The van der Waals surface area contributed by atoms with E-state index in [0.717, 1.165) is 18.3 Å². The van der Waals surface area contributed by atoms with Gasteiger partial charge in [-0.2, -0.15) is 0 Å². The molecule has 3 unspecified atom stereocenters. The SMILES string of the molecule is C[C@]12CC(C(N)=O)C(=O)NC1CC[C@@H]1[C@H]2CC[C@]2(C)C(CCC(c3ccccc3)c3ccccc3)CC[C@@H]12. The van der Waals surface area contributed by atoms with Gasteiger partial charge in [0.2, 0.25) is 11.8 Å². The lowest BCUT2D eigenvalue weighted by molar-refractivity contribution is -0.150. The summed E-state index contributed by atoms with van der Waals surface area (Å²) in [6, 6.07) is 22.3. The summed E-state index contributed by atoms with van der Waals surface area (Å²) in [6.07, 6.45) is 10.5. The first-order valence-electron chi connectivity index (χ1n) is 15.0. The fraction of sp³-hybridized carbons (Fsp3) is 0.588. The van der Waals surface area contributed by atoms with E-state index in [1.165, 1.54) is 56.1 Å². The summed E-state index contributed by atoms with van der Waals surface area (Å²) in [5.74, 6) is 1.95. The second-order valence-electron chi connectivity index (χ2n) is 13.5. The molecule has 8 atom stereocenters. The molecule has 0 aromatic heterocycles. The Morgan fingerprint density at radius 1 is 0.895 bits per heavy atom. The molecule has 2 aromatic rings. The predicted molar refractivity (Wildman–Crippen MR) is 151 cm³/mol. The van der Waals surface area contributed by atoms with E-state index in [4.69, 9.17) is 5.73 Å². The summed E-state index contributed by atoms with van der Waals surface area (Å²) in [5, 5.41) is 3.23. The predicted octanol–water partition coefficient (Wildman–Crippen LogP) is 6.45. The van der Waals surface area contributed by atoms with Gasteiger partial charge in [0.15, 0.2) is 0 Å².